The number of rotatable bonds is 2. The van der Waals surface area contributed by atoms with E-state index >= 15 is 0 Å². The highest BCUT2D eigenvalue weighted by atomic mass is 127. The highest BCUT2D eigenvalue weighted by Gasteiger charge is 2.13. The molecule has 0 aromatic heterocycles. The second kappa shape index (κ2) is 5.33. The molecule has 1 N–H and O–H groups in total. The minimum absolute atomic E-state index is 0.304. The maximum absolute atomic E-state index is 13.0. The summed E-state index contributed by atoms with van der Waals surface area (Å²) in [6, 6.07) is 11.3. The standard InChI is InChI=1S/C13H9ClFIO/c14-9-3-1-8(2-4-9)13(17)11-6-5-10(15)7-12(11)16/h1-7,13,17H. The molecule has 0 saturated carbocycles. The number of hydrogen-bond donors (Lipinski definition) is 1. The average Bonchev–Trinajstić information content (AvgIpc) is 2.29. The van der Waals surface area contributed by atoms with Gasteiger partial charge in [-0.05, 0) is 58.0 Å². The minimum atomic E-state index is -0.764. The number of aliphatic hydroxyl groups excluding tert-OH is 1. The maximum Gasteiger partial charge on any atom is 0.124 e. The third kappa shape index (κ3) is 2.97. The van der Waals surface area contributed by atoms with Crippen LogP contribution in [0.5, 0.6) is 0 Å². The first-order chi connectivity index (χ1) is 8.08. The van der Waals surface area contributed by atoms with Crippen LogP contribution in [0.4, 0.5) is 4.39 Å². The maximum atomic E-state index is 13.0. The predicted molar refractivity (Wildman–Crippen MR) is 74.6 cm³/mol. The second-order valence-corrected chi connectivity index (χ2v) is 5.22. The molecule has 1 atom stereocenters. The molecule has 0 aliphatic rings. The number of hydrogen-bond acceptors (Lipinski definition) is 1. The van der Waals surface area contributed by atoms with E-state index in [1.807, 2.05) is 22.6 Å². The van der Waals surface area contributed by atoms with E-state index in [4.69, 9.17) is 11.6 Å². The molecule has 0 fully saturated rings. The van der Waals surface area contributed by atoms with E-state index in [1.165, 1.54) is 12.1 Å². The van der Waals surface area contributed by atoms with Gasteiger partial charge in [0.15, 0.2) is 0 Å². The summed E-state index contributed by atoms with van der Waals surface area (Å²) in [4.78, 5) is 0. The number of aliphatic hydroxyl groups is 1. The van der Waals surface area contributed by atoms with Crippen LogP contribution in [-0.2, 0) is 0 Å². The van der Waals surface area contributed by atoms with Crippen LogP contribution in [-0.4, -0.2) is 5.11 Å². The topological polar surface area (TPSA) is 20.2 Å². The van der Waals surface area contributed by atoms with E-state index in [9.17, 15) is 9.50 Å². The van der Waals surface area contributed by atoms with Gasteiger partial charge in [-0.15, -0.1) is 0 Å². The van der Waals surface area contributed by atoms with Crippen LogP contribution in [0.2, 0.25) is 5.02 Å². The Morgan fingerprint density at radius 1 is 1.12 bits per heavy atom. The highest BCUT2D eigenvalue weighted by Crippen LogP contribution is 2.27. The molecule has 0 amide bonds. The molecule has 0 bridgehead atoms. The zero-order chi connectivity index (χ0) is 12.4. The molecule has 17 heavy (non-hydrogen) atoms. The lowest BCUT2D eigenvalue weighted by Gasteiger charge is -2.13. The van der Waals surface area contributed by atoms with Crippen LogP contribution in [0.1, 0.15) is 17.2 Å². The zero-order valence-electron chi connectivity index (χ0n) is 8.70. The Bertz CT molecular complexity index is 527. The van der Waals surface area contributed by atoms with Crippen molar-refractivity contribution in [1.29, 1.82) is 0 Å². The Kier molecular flexibility index (Phi) is 4.01. The van der Waals surface area contributed by atoms with Crippen molar-refractivity contribution in [2.45, 2.75) is 6.10 Å². The fraction of sp³-hybridized carbons (Fsp3) is 0.0769. The zero-order valence-corrected chi connectivity index (χ0v) is 11.6. The molecule has 0 saturated heterocycles. The van der Waals surface area contributed by atoms with Crippen molar-refractivity contribution in [1.82, 2.24) is 0 Å². The van der Waals surface area contributed by atoms with E-state index in [1.54, 1.807) is 30.3 Å². The molecule has 0 aliphatic carbocycles. The minimum Gasteiger partial charge on any atom is -0.384 e. The Hall–Kier alpha value is -0.650. The summed E-state index contributed by atoms with van der Waals surface area (Å²) in [5, 5.41) is 10.8. The summed E-state index contributed by atoms with van der Waals surface area (Å²) in [6.45, 7) is 0. The van der Waals surface area contributed by atoms with E-state index in [0.29, 0.717) is 14.2 Å². The second-order valence-electron chi connectivity index (χ2n) is 3.62. The molecule has 1 nitrogen and oxygen atoms in total. The van der Waals surface area contributed by atoms with Crippen molar-refractivity contribution in [3.63, 3.8) is 0 Å². The van der Waals surface area contributed by atoms with Gasteiger partial charge < -0.3 is 5.11 Å². The van der Waals surface area contributed by atoms with E-state index in [0.717, 1.165) is 5.56 Å². The molecular weight excluding hydrogens is 353 g/mol. The van der Waals surface area contributed by atoms with Gasteiger partial charge in [-0.1, -0.05) is 29.8 Å². The number of halogens is 3. The first-order valence-corrected chi connectivity index (χ1v) is 6.42. The molecule has 0 spiro atoms. The molecule has 88 valence electrons. The summed E-state index contributed by atoms with van der Waals surface area (Å²) >= 11 is 7.79. The van der Waals surface area contributed by atoms with Crippen LogP contribution in [0.15, 0.2) is 42.5 Å². The first kappa shape index (κ1) is 12.8. The van der Waals surface area contributed by atoms with E-state index < -0.39 is 6.10 Å². The van der Waals surface area contributed by atoms with Crippen molar-refractivity contribution in [2.24, 2.45) is 0 Å². The van der Waals surface area contributed by atoms with Crippen molar-refractivity contribution in [3.05, 3.63) is 68.0 Å². The van der Waals surface area contributed by atoms with Crippen molar-refractivity contribution in [3.8, 4) is 0 Å². The molecule has 0 heterocycles. The van der Waals surface area contributed by atoms with Gasteiger partial charge in [-0.25, -0.2) is 4.39 Å². The average molecular weight is 363 g/mol. The van der Waals surface area contributed by atoms with Crippen LogP contribution in [0.25, 0.3) is 0 Å². The highest BCUT2D eigenvalue weighted by molar-refractivity contribution is 14.1. The monoisotopic (exact) mass is 362 g/mol. The Labute approximate surface area is 117 Å². The third-order valence-corrected chi connectivity index (χ3v) is 3.63. The van der Waals surface area contributed by atoms with E-state index in [-0.39, 0.29) is 5.82 Å². The molecule has 4 heteroatoms. The Balaban J connectivity index is 2.36. The van der Waals surface area contributed by atoms with Gasteiger partial charge in [0.25, 0.3) is 0 Å². The van der Waals surface area contributed by atoms with Crippen LogP contribution in [0.3, 0.4) is 0 Å². The summed E-state index contributed by atoms with van der Waals surface area (Å²) in [5.41, 5.74) is 1.42. The summed E-state index contributed by atoms with van der Waals surface area (Å²) in [6.07, 6.45) is -0.764. The lowest BCUT2D eigenvalue weighted by Crippen LogP contribution is -2.02. The molecule has 2 aromatic carbocycles. The molecule has 0 radical (unpaired) electrons. The molecule has 2 rings (SSSR count). The fourth-order valence-electron chi connectivity index (χ4n) is 1.55. The van der Waals surface area contributed by atoms with Crippen LogP contribution >= 0.6 is 34.2 Å². The summed E-state index contributed by atoms with van der Waals surface area (Å²) in [5.74, 6) is -0.304. The van der Waals surface area contributed by atoms with Gasteiger partial charge in [-0.3, -0.25) is 0 Å². The van der Waals surface area contributed by atoms with Gasteiger partial charge in [0.1, 0.15) is 11.9 Å². The van der Waals surface area contributed by atoms with E-state index in [2.05, 4.69) is 0 Å². The lowest BCUT2D eigenvalue weighted by molar-refractivity contribution is 0.219. The third-order valence-electron chi connectivity index (χ3n) is 2.44. The van der Waals surface area contributed by atoms with Gasteiger partial charge >= 0.3 is 0 Å². The molecule has 0 aliphatic heterocycles. The quantitative estimate of drug-likeness (QED) is 0.795. The first-order valence-electron chi connectivity index (χ1n) is 4.96. The Morgan fingerprint density at radius 2 is 1.76 bits per heavy atom. The van der Waals surface area contributed by atoms with Crippen molar-refractivity contribution >= 4 is 34.2 Å². The lowest BCUT2D eigenvalue weighted by atomic mass is 10.0. The number of benzene rings is 2. The van der Waals surface area contributed by atoms with Crippen LogP contribution < -0.4 is 0 Å². The van der Waals surface area contributed by atoms with Gasteiger partial charge in [-0.2, -0.15) is 0 Å². The van der Waals surface area contributed by atoms with Gasteiger partial charge in [0.2, 0.25) is 0 Å². The fourth-order valence-corrected chi connectivity index (χ4v) is 2.45. The van der Waals surface area contributed by atoms with Crippen LogP contribution in [0, 0.1) is 9.39 Å². The smallest absolute Gasteiger partial charge is 0.124 e. The normalized spacial score (nSPS) is 12.5. The predicted octanol–water partition coefficient (Wildman–Crippen LogP) is 4.17. The SMILES string of the molecule is OC(c1ccc(Cl)cc1)c1ccc(F)cc1I. The Morgan fingerprint density at radius 3 is 2.35 bits per heavy atom. The largest absolute Gasteiger partial charge is 0.384 e. The summed E-state index contributed by atoms with van der Waals surface area (Å²) < 4.78 is 13.7. The van der Waals surface area contributed by atoms with Crippen molar-refractivity contribution < 1.29 is 9.50 Å². The summed E-state index contributed by atoms with van der Waals surface area (Å²) in [7, 11) is 0. The van der Waals surface area contributed by atoms with Crippen molar-refractivity contribution in [2.75, 3.05) is 0 Å². The van der Waals surface area contributed by atoms with Gasteiger partial charge in [0, 0.05) is 8.59 Å². The molecular formula is C13H9ClFIO. The molecule has 1 unspecified atom stereocenters. The van der Waals surface area contributed by atoms with Gasteiger partial charge in [0.05, 0.1) is 0 Å². The molecule has 2 aromatic rings.